The van der Waals surface area contributed by atoms with E-state index in [-0.39, 0.29) is 0 Å². The molecule has 2 heteroatoms. The molecule has 0 aliphatic carbocycles. The van der Waals surface area contributed by atoms with Crippen molar-refractivity contribution < 1.29 is 0 Å². The molecule has 0 fully saturated rings. The van der Waals surface area contributed by atoms with Crippen LogP contribution in [0.25, 0.3) is 6.08 Å². The summed E-state index contributed by atoms with van der Waals surface area (Å²) in [6.45, 7) is 8.12. The van der Waals surface area contributed by atoms with Gasteiger partial charge in [-0.3, -0.25) is 4.98 Å². The second kappa shape index (κ2) is 5.07. The number of hydrogen-bond acceptors (Lipinski definition) is 2. The van der Waals surface area contributed by atoms with Crippen LogP contribution in [0.5, 0.6) is 0 Å². The minimum Gasteiger partial charge on any atom is -0.257 e. The van der Waals surface area contributed by atoms with E-state index < -0.39 is 0 Å². The van der Waals surface area contributed by atoms with Gasteiger partial charge in [-0.05, 0) is 29.0 Å². The van der Waals surface area contributed by atoms with Crippen molar-refractivity contribution >= 4 is 17.8 Å². The van der Waals surface area contributed by atoms with Gasteiger partial charge in [-0.25, -0.2) is 0 Å². The predicted octanol–water partition coefficient (Wildman–Crippen LogP) is 3.37. The highest BCUT2D eigenvalue weighted by atomic mass is 32.2. The van der Waals surface area contributed by atoms with Crippen molar-refractivity contribution in [2.24, 2.45) is 0 Å². The van der Waals surface area contributed by atoms with Gasteiger partial charge in [-0.2, -0.15) is 11.8 Å². The summed E-state index contributed by atoms with van der Waals surface area (Å²) in [4.78, 5) is 4.16. The molecule has 0 aliphatic heterocycles. The van der Waals surface area contributed by atoms with Crippen molar-refractivity contribution in [3.8, 4) is 0 Å². The first-order chi connectivity index (χ1) is 6.22. The van der Waals surface area contributed by atoms with Crippen LogP contribution >= 0.6 is 11.8 Å². The van der Waals surface area contributed by atoms with Crippen LogP contribution in [0.1, 0.15) is 25.1 Å². The normalized spacial score (nSPS) is 10.4. The average molecular weight is 193 g/mol. The lowest BCUT2D eigenvalue weighted by molar-refractivity contribution is 1.11. The Balaban J connectivity index is 2.61. The van der Waals surface area contributed by atoms with Crippen LogP contribution < -0.4 is 0 Å². The third kappa shape index (κ3) is 3.64. The van der Waals surface area contributed by atoms with E-state index in [0.29, 0.717) is 5.25 Å². The zero-order valence-corrected chi connectivity index (χ0v) is 8.97. The highest BCUT2D eigenvalue weighted by Crippen LogP contribution is 2.17. The lowest BCUT2D eigenvalue weighted by Crippen LogP contribution is -1.90. The SMILES string of the molecule is C=Cc1cc(CSC(C)C)ccn1. The molecule has 0 atom stereocenters. The number of pyridine rings is 1. The molecule has 0 amide bonds. The quantitative estimate of drug-likeness (QED) is 0.727. The van der Waals surface area contributed by atoms with Crippen LogP contribution in [0.15, 0.2) is 24.9 Å². The zero-order valence-electron chi connectivity index (χ0n) is 8.16. The number of hydrogen-bond donors (Lipinski definition) is 0. The Labute approximate surface area is 84.3 Å². The number of nitrogens with zero attached hydrogens (tertiary/aromatic N) is 1. The summed E-state index contributed by atoms with van der Waals surface area (Å²) in [5.41, 5.74) is 2.28. The fourth-order valence-corrected chi connectivity index (χ4v) is 1.66. The molecule has 0 saturated carbocycles. The molecule has 0 radical (unpaired) electrons. The second-order valence-electron chi connectivity index (χ2n) is 3.15. The topological polar surface area (TPSA) is 12.9 Å². The van der Waals surface area contributed by atoms with Crippen LogP contribution in [0, 0.1) is 0 Å². The van der Waals surface area contributed by atoms with E-state index in [1.165, 1.54) is 5.56 Å². The molecule has 0 spiro atoms. The molecular formula is C11H15NS. The molecule has 0 aliphatic rings. The molecule has 0 N–H and O–H groups in total. The Morgan fingerprint density at radius 3 is 3.00 bits per heavy atom. The highest BCUT2D eigenvalue weighted by molar-refractivity contribution is 7.99. The fraction of sp³-hybridized carbons (Fsp3) is 0.364. The minimum atomic E-state index is 0.681. The third-order valence-electron chi connectivity index (χ3n) is 1.64. The fourth-order valence-electron chi connectivity index (χ4n) is 0.959. The molecule has 0 aromatic carbocycles. The monoisotopic (exact) mass is 193 g/mol. The van der Waals surface area contributed by atoms with E-state index in [4.69, 9.17) is 0 Å². The lowest BCUT2D eigenvalue weighted by atomic mass is 10.2. The van der Waals surface area contributed by atoms with Gasteiger partial charge < -0.3 is 0 Å². The molecule has 70 valence electrons. The number of rotatable bonds is 4. The van der Waals surface area contributed by atoms with Gasteiger partial charge in [0.1, 0.15) is 0 Å². The molecule has 1 nitrogen and oxygen atoms in total. The van der Waals surface area contributed by atoms with Crippen LogP contribution in [0.2, 0.25) is 0 Å². The maximum absolute atomic E-state index is 4.16. The summed E-state index contributed by atoms with van der Waals surface area (Å²) in [7, 11) is 0. The molecule has 0 bridgehead atoms. The first-order valence-electron chi connectivity index (χ1n) is 4.41. The van der Waals surface area contributed by atoms with E-state index >= 15 is 0 Å². The standard InChI is InChI=1S/C11H15NS/c1-4-11-7-10(5-6-12-11)8-13-9(2)3/h4-7,9H,1,8H2,2-3H3. The number of thioether (sulfide) groups is 1. The van der Waals surface area contributed by atoms with Crippen molar-refractivity contribution in [2.75, 3.05) is 0 Å². The predicted molar refractivity (Wildman–Crippen MR) is 60.8 cm³/mol. The van der Waals surface area contributed by atoms with E-state index in [9.17, 15) is 0 Å². The second-order valence-corrected chi connectivity index (χ2v) is 4.72. The molecule has 0 saturated heterocycles. The first kappa shape index (κ1) is 10.3. The summed E-state index contributed by atoms with van der Waals surface area (Å²) in [6.07, 6.45) is 3.62. The van der Waals surface area contributed by atoms with Crippen LogP contribution in [-0.2, 0) is 5.75 Å². The largest absolute Gasteiger partial charge is 0.257 e. The van der Waals surface area contributed by atoms with Crippen LogP contribution in [-0.4, -0.2) is 10.2 Å². The Morgan fingerprint density at radius 2 is 2.38 bits per heavy atom. The van der Waals surface area contributed by atoms with E-state index in [0.717, 1.165) is 11.4 Å². The van der Waals surface area contributed by atoms with Crippen molar-refractivity contribution in [3.63, 3.8) is 0 Å². The Morgan fingerprint density at radius 1 is 1.62 bits per heavy atom. The van der Waals surface area contributed by atoms with Crippen LogP contribution in [0.3, 0.4) is 0 Å². The minimum absolute atomic E-state index is 0.681. The summed E-state index contributed by atoms with van der Waals surface area (Å²) in [6, 6.07) is 4.14. The number of aromatic nitrogens is 1. The van der Waals surface area contributed by atoms with Crippen molar-refractivity contribution in [3.05, 3.63) is 36.2 Å². The molecule has 1 heterocycles. The Kier molecular flexibility index (Phi) is 4.03. The molecule has 1 rings (SSSR count). The maximum Gasteiger partial charge on any atom is 0.0626 e. The highest BCUT2D eigenvalue weighted by Gasteiger charge is 1.97. The maximum atomic E-state index is 4.16. The summed E-state index contributed by atoms with van der Waals surface area (Å²) in [5.74, 6) is 1.06. The van der Waals surface area contributed by atoms with Gasteiger partial charge in [0.2, 0.25) is 0 Å². The van der Waals surface area contributed by atoms with Gasteiger partial charge in [0.05, 0.1) is 5.69 Å². The first-order valence-corrected chi connectivity index (χ1v) is 5.46. The van der Waals surface area contributed by atoms with E-state index in [2.05, 4.69) is 37.5 Å². The average Bonchev–Trinajstić information content (AvgIpc) is 2.15. The van der Waals surface area contributed by atoms with Crippen LogP contribution in [0.4, 0.5) is 0 Å². The van der Waals surface area contributed by atoms with Gasteiger partial charge in [0.15, 0.2) is 0 Å². The molecular weight excluding hydrogens is 178 g/mol. The summed E-state index contributed by atoms with van der Waals surface area (Å²) >= 11 is 1.94. The third-order valence-corrected chi connectivity index (χ3v) is 2.80. The summed E-state index contributed by atoms with van der Waals surface area (Å²) in [5, 5.41) is 0.681. The van der Waals surface area contributed by atoms with Gasteiger partial charge >= 0.3 is 0 Å². The molecule has 13 heavy (non-hydrogen) atoms. The van der Waals surface area contributed by atoms with Crippen molar-refractivity contribution in [1.29, 1.82) is 0 Å². The summed E-state index contributed by atoms with van der Waals surface area (Å²) < 4.78 is 0. The molecule has 1 aromatic heterocycles. The van der Waals surface area contributed by atoms with Gasteiger partial charge in [0, 0.05) is 11.9 Å². The Hall–Kier alpha value is -0.760. The van der Waals surface area contributed by atoms with E-state index in [1.54, 1.807) is 6.08 Å². The van der Waals surface area contributed by atoms with Crippen molar-refractivity contribution in [2.45, 2.75) is 24.9 Å². The van der Waals surface area contributed by atoms with E-state index in [1.807, 2.05) is 18.0 Å². The zero-order chi connectivity index (χ0) is 9.68. The smallest absolute Gasteiger partial charge is 0.0626 e. The Bertz CT molecular complexity index is 281. The molecule has 1 aromatic rings. The molecule has 0 unspecified atom stereocenters. The van der Waals surface area contributed by atoms with Gasteiger partial charge in [-0.1, -0.05) is 20.4 Å². The van der Waals surface area contributed by atoms with Crippen molar-refractivity contribution in [1.82, 2.24) is 4.98 Å². The lowest BCUT2D eigenvalue weighted by Gasteiger charge is -2.04. The van der Waals surface area contributed by atoms with Gasteiger partial charge in [0.25, 0.3) is 0 Å². The van der Waals surface area contributed by atoms with Gasteiger partial charge in [-0.15, -0.1) is 0 Å².